The number of allylic oxidation sites excluding steroid dienone is 2. The summed E-state index contributed by atoms with van der Waals surface area (Å²) in [5, 5.41) is 0. The molecule has 12 heavy (non-hydrogen) atoms. The largest absolute Gasteiger partial charge is 0.126 e. The molecule has 1 heteroatoms. The molecule has 1 atom stereocenters. The number of alkyl halides is 1. The lowest BCUT2D eigenvalue weighted by molar-refractivity contribution is 0.495. The molecule has 0 aromatic carbocycles. The standard InChI is InChI=1S/C11H21Cl/c1-4-6-11(9-12)8-5-7-10(2)3/h7,11H,4-6,8-9H2,1-3H3. The molecule has 0 aliphatic rings. The van der Waals surface area contributed by atoms with Crippen LogP contribution >= 0.6 is 11.6 Å². The Balaban J connectivity index is 3.51. The summed E-state index contributed by atoms with van der Waals surface area (Å²) < 4.78 is 0. The van der Waals surface area contributed by atoms with Crippen LogP contribution in [0, 0.1) is 5.92 Å². The van der Waals surface area contributed by atoms with Crippen LogP contribution in [-0.2, 0) is 0 Å². The summed E-state index contributed by atoms with van der Waals surface area (Å²) in [6.07, 6.45) is 7.28. The molecule has 0 aliphatic carbocycles. The van der Waals surface area contributed by atoms with Crippen LogP contribution < -0.4 is 0 Å². The summed E-state index contributed by atoms with van der Waals surface area (Å²) in [5.74, 6) is 1.55. The Hall–Kier alpha value is 0.0300. The molecule has 0 nitrogen and oxygen atoms in total. The van der Waals surface area contributed by atoms with E-state index in [1.165, 1.54) is 31.3 Å². The van der Waals surface area contributed by atoms with Crippen LogP contribution in [0.2, 0.25) is 0 Å². The minimum absolute atomic E-state index is 0.729. The van der Waals surface area contributed by atoms with Crippen molar-refractivity contribution in [2.75, 3.05) is 5.88 Å². The van der Waals surface area contributed by atoms with Gasteiger partial charge >= 0.3 is 0 Å². The molecule has 0 fully saturated rings. The SMILES string of the molecule is CCCC(CCl)CCC=C(C)C. The Morgan fingerprint density at radius 3 is 2.42 bits per heavy atom. The monoisotopic (exact) mass is 188 g/mol. The van der Waals surface area contributed by atoms with Crippen molar-refractivity contribution in [2.24, 2.45) is 5.92 Å². The summed E-state index contributed by atoms with van der Waals surface area (Å²) >= 11 is 5.84. The molecule has 0 saturated heterocycles. The molecule has 1 unspecified atom stereocenters. The molecular formula is C11H21Cl. The average Bonchev–Trinajstić information content (AvgIpc) is 2.02. The number of rotatable bonds is 6. The van der Waals surface area contributed by atoms with Crippen molar-refractivity contribution in [1.82, 2.24) is 0 Å². The molecule has 0 aromatic rings. The molecule has 0 saturated carbocycles. The molecule has 0 radical (unpaired) electrons. The summed E-state index contributed by atoms with van der Waals surface area (Å²) in [7, 11) is 0. The Labute approximate surface area is 82.0 Å². The van der Waals surface area contributed by atoms with Crippen LogP contribution in [0.15, 0.2) is 11.6 Å². The maximum Gasteiger partial charge on any atom is 0.0251 e. The first-order valence-electron chi connectivity index (χ1n) is 4.90. The zero-order valence-electron chi connectivity index (χ0n) is 8.57. The fourth-order valence-electron chi connectivity index (χ4n) is 1.31. The van der Waals surface area contributed by atoms with E-state index in [0.717, 1.165) is 11.8 Å². The van der Waals surface area contributed by atoms with Gasteiger partial charge in [0.15, 0.2) is 0 Å². The van der Waals surface area contributed by atoms with E-state index in [9.17, 15) is 0 Å². The van der Waals surface area contributed by atoms with Crippen molar-refractivity contribution in [3.8, 4) is 0 Å². The van der Waals surface area contributed by atoms with E-state index in [1.54, 1.807) is 0 Å². The molecule has 0 bridgehead atoms. The topological polar surface area (TPSA) is 0 Å². The molecular weight excluding hydrogens is 168 g/mol. The highest BCUT2D eigenvalue weighted by molar-refractivity contribution is 6.18. The Morgan fingerprint density at radius 1 is 1.33 bits per heavy atom. The van der Waals surface area contributed by atoms with Crippen molar-refractivity contribution in [3.05, 3.63) is 11.6 Å². The zero-order chi connectivity index (χ0) is 9.40. The van der Waals surface area contributed by atoms with Crippen molar-refractivity contribution >= 4 is 11.6 Å². The lowest BCUT2D eigenvalue weighted by atomic mass is 9.99. The van der Waals surface area contributed by atoms with Crippen LogP contribution in [0.3, 0.4) is 0 Å². The van der Waals surface area contributed by atoms with Crippen molar-refractivity contribution in [2.45, 2.75) is 46.5 Å². The molecule has 0 aliphatic heterocycles. The third-order valence-electron chi connectivity index (χ3n) is 2.04. The highest BCUT2D eigenvalue weighted by Crippen LogP contribution is 2.15. The lowest BCUT2D eigenvalue weighted by Crippen LogP contribution is -2.00. The maximum atomic E-state index is 5.84. The van der Waals surface area contributed by atoms with Crippen LogP contribution in [0.1, 0.15) is 46.5 Å². The van der Waals surface area contributed by atoms with E-state index in [2.05, 4.69) is 26.8 Å². The van der Waals surface area contributed by atoms with Gasteiger partial charge in [-0.3, -0.25) is 0 Å². The molecule has 0 heterocycles. The number of hydrogen-bond acceptors (Lipinski definition) is 0. The van der Waals surface area contributed by atoms with Gasteiger partial charge in [0.1, 0.15) is 0 Å². The number of halogens is 1. The predicted molar refractivity (Wildman–Crippen MR) is 57.8 cm³/mol. The maximum absolute atomic E-state index is 5.84. The van der Waals surface area contributed by atoms with E-state index < -0.39 is 0 Å². The van der Waals surface area contributed by atoms with Gasteiger partial charge in [0.05, 0.1) is 0 Å². The number of hydrogen-bond donors (Lipinski definition) is 0. The first-order chi connectivity index (χ1) is 5.70. The molecule has 72 valence electrons. The fourth-order valence-corrected chi connectivity index (χ4v) is 1.62. The predicted octanol–water partition coefficient (Wildman–Crippen LogP) is 4.39. The second-order valence-corrected chi connectivity index (χ2v) is 3.98. The van der Waals surface area contributed by atoms with Crippen molar-refractivity contribution in [3.63, 3.8) is 0 Å². The van der Waals surface area contributed by atoms with Gasteiger partial charge in [0.25, 0.3) is 0 Å². The highest BCUT2D eigenvalue weighted by Gasteiger charge is 2.03. The third-order valence-corrected chi connectivity index (χ3v) is 2.48. The second kappa shape index (κ2) is 7.67. The van der Waals surface area contributed by atoms with E-state index in [1.807, 2.05) is 0 Å². The third kappa shape index (κ3) is 6.72. The van der Waals surface area contributed by atoms with Gasteiger partial charge in [-0.25, -0.2) is 0 Å². The van der Waals surface area contributed by atoms with E-state index in [0.29, 0.717) is 0 Å². The molecule has 0 aromatic heterocycles. The van der Waals surface area contributed by atoms with Gasteiger partial charge in [0, 0.05) is 5.88 Å². The van der Waals surface area contributed by atoms with Gasteiger partial charge in [-0.2, -0.15) is 0 Å². The second-order valence-electron chi connectivity index (χ2n) is 3.67. The van der Waals surface area contributed by atoms with Crippen LogP contribution in [0.4, 0.5) is 0 Å². The quantitative estimate of drug-likeness (QED) is 0.429. The normalized spacial score (nSPS) is 12.7. The summed E-state index contributed by atoms with van der Waals surface area (Å²) in [4.78, 5) is 0. The van der Waals surface area contributed by atoms with Gasteiger partial charge in [-0.15, -0.1) is 11.6 Å². The average molecular weight is 189 g/mol. The zero-order valence-corrected chi connectivity index (χ0v) is 9.32. The smallest absolute Gasteiger partial charge is 0.0251 e. The van der Waals surface area contributed by atoms with Crippen molar-refractivity contribution in [1.29, 1.82) is 0 Å². The fraction of sp³-hybridized carbons (Fsp3) is 0.818. The first-order valence-corrected chi connectivity index (χ1v) is 5.43. The van der Waals surface area contributed by atoms with E-state index >= 15 is 0 Å². The van der Waals surface area contributed by atoms with Gasteiger partial charge in [0.2, 0.25) is 0 Å². The lowest BCUT2D eigenvalue weighted by Gasteiger charge is -2.10. The molecule has 0 amide bonds. The molecule has 0 rings (SSSR count). The van der Waals surface area contributed by atoms with Gasteiger partial charge < -0.3 is 0 Å². The first kappa shape index (κ1) is 12.0. The Morgan fingerprint density at radius 2 is 2.00 bits per heavy atom. The van der Waals surface area contributed by atoms with Crippen LogP contribution in [-0.4, -0.2) is 5.88 Å². The highest BCUT2D eigenvalue weighted by atomic mass is 35.5. The van der Waals surface area contributed by atoms with Crippen molar-refractivity contribution < 1.29 is 0 Å². The van der Waals surface area contributed by atoms with Gasteiger partial charge in [-0.05, 0) is 39.0 Å². The van der Waals surface area contributed by atoms with E-state index in [-0.39, 0.29) is 0 Å². The minimum Gasteiger partial charge on any atom is -0.126 e. The Bertz CT molecular complexity index is 123. The summed E-state index contributed by atoms with van der Waals surface area (Å²) in [5.41, 5.74) is 1.42. The summed E-state index contributed by atoms with van der Waals surface area (Å²) in [6.45, 7) is 6.52. The Kier molecular flexibility index (Phi) is 7.69. The van der Waals surface area contributed by atoms with Gasteiger partial charge in [-0.1, -0.05) is 25.0 Å². The minimum atomic E-state index is 0.729. The molecule has 0 spiro atoms. The van der Waals surface area contributed by atoms with Crippen LogP contribution in [0.5, 0.6) is 0 Å². The summed E-state index contributed by atoms with van der Waals surface area (Å²) in [6, 6.07) is 0. The van der Waals surface area contributed by atoms with Crippen LogP contribution in [0.25, 0.3) is 0 Å². The van der Waals surface area contributed by atoms with E-state index in [4.69, 9.17) is 11.6 Å². The molecule has 0 N–H and O–H groups in total.